The van der Waals surface area contributed by atoms with Gasteiger partial charge in [0.2, 0.25) is 5.89 Å². The van der Waals surface area contributed by atoms with E-state index in [0.29, 0.717) is 23.6 Å². The smallest absolute Gasteiger partial charge is 0.270 e. The lowest BCUT2D eigenvalue weighted by molar-refractivity contribution is -0.384. The summed E-state index contributed by atoms with van der Waals surface area (Å²) in [6.07, 6.45) is 1.55. The number of carbonyl (C=O) groups is 1. The first-order chi connectivity index (χ1) is 15.5. The lowest BCUT2D eigenvalue weighted by Gasteiger charge is -2.22. The minimum Gasteiger partial charge on any atom is -0.438 e. The summed E-state index contributed by atoms with van der Waals surface area (Å²) in [5, 5.41) is 11.1. The van der Waals surface area contributed by atoms with Crippen LogP contribution in [-0.4, -0.2) is 27.3 Å². The summed E-state index contributed by atoms with van der Waals surface area (Å²) in [4.78, 5) is 30.1. The van der Waals surface area contributed by atoms with Gasteiger partial charge in [-0.3, -0.25) is 14.9 Å². The molecular weight excluding hydrogens is 406 g/mol. The molecule has 1 saturated heterocycles. The average Bonchev–Trinajstić information content (AvgIpc) is 3.45. The zero-order valence-corrected chi connectivity index (χ0v) is 17.5. The highest BCUT2D eigenvalue weighted by Gasteiger charge is 2.34. The first kappa shape index (κ1) is 19.9. The van der Waals surface area contributed by atoms with Crippen molar-refractivity contribution >= 4 is 22.7 Å². The third kappa shape index (κ3) is 3.51. The molecular formula is C25H21N3O4. The monoisotopic (exact) mass is 427 g/mol. The van der Waals surface area contributed by atoms with Crippen molar-refractivity contribution in [3.05, 3.63) is 93.9 Å². The Bertz CT molecular complexity index is 1340. The van der Waals surface area contributed by atoms with E-state index in [9.17, 15) is 14.9 Å². The van der Waals surface area contributed by atoms with Crippen LogP contribution in [0, 0.1) is 17.0 Å². The third-order valence-electron chi connectivity index (χ3n) is 5.96. The SMILES string of the molecule is Cc1ccccc1-c1ccc2oc([C@H]3CCCN3C(=O)c3cccc([N+](=O)[O-])c3)nc2c1. The Labute approximate surface area is 184 Å². The predicted octanol–water partition coefficient (Wildman–Crippen LogP) is 5.69. The summed E-state index contributed by atoms with van der Waals surface area (Å²) >= 11 is 0. The van der Waals surface area contributed by atoms with Gasteiger partial charge in [0, 0.05) is 24.2 Å². The maximum absolute atomic E-state index is 13.1. The van der Waals surface area contributed by atoms with Crippen LogP contribution in [0.2, 0.25) is 0 Å². The molecule has 1 aliphatic rings. The topological polar surface area (TPSA) is 89.5 Å². The number of rotatable bonds is 4. The van der Waals surface area contributed by atoms with Gasteiger partial charge in [-0.2, -0.15) is 0 Å². The number of nitrogens with zero attached hydrogens (tertiary/aromatic N) is 3. The van der Waals surface area contributed by atoms with Crippen molar-refractivity contribution in [2.24, 2.45) is 0 Å². The molecule has 0 bridgehead atoms. The van der Waals surface area contributed by atoms with Crippen LogP contribution < -0.4 is 0 Å². The minimum absolute atomic E-state index is 0.0998. The van der Waals surface area contributed by atoms with Crippen molar-refractivity contribution in [1.82, 2.24) is 9.88 Å². The van der Waals surface area contributed by atoms with Gasteiger partial charge in [0.15, 0.2) is 5.58 Å². The molecule has 4 aromatic rings. The van der Waals surface area contributed by atoms with E-state index < -0.39 is 4.92 Å². The molecule has 0 N–H and O–H groups in total. The first-order valence-corrected chi connectivity index (χ1v) is 10.5. The highest BCUT2D eigenvalue weighted by Crippen LogP contribution is 2.35. The number of hydrogen-bond acceptors (Lipinski definition) is 5. The van der Waals surface area contributed by atoms with Gasteiger partial charge in [-0.1, -0.05) is 36.4 Å². The van der Waals surface area contributed by atoms with Gasteiger partial charge >= 0.3 is 0 Å². The lowest BCUT2D eigenvalue weighted by Crippen LogP contribution is -2.30. The summed E-state index contributed by atoms with van der Waals surface area (Å²) in [6.45, 7) is 2.63. The van der Waals surface area contributed by atoms with Gasteiger partial charge in [0.25, 0.3) is 11.6 Å². The van der Waals surface area contributed by atoms with Crippen LogP contribution in [0.15, 0.2) is 71.1 Å². The Morgan fingerprint density at radius 1 is 1.12 bits per heavy atom. The van der Waals surface area contributed by atoms with E-state index >= 15 is 0 Å². The molecule has 32 heavy (non-hydrogen) atoms. The molecule has 0 aliphatic carbocycles. The molecule has 3 aromatic carbocycles. The number of carbonyl (C=O) groups excluding carboxylic acids is 1. The molecule has 0 unspecified atom stereocenters. The van der Waals surface area contributed by atoms with E-state index in [1.165, 1.54) is 23.8 Å². The van der Waals surface area contributed by atoms with Gasteiger partial charge in [0.05, 0.1) is 4.92 Å². The van der Waals surface area contributed by atoms with E-state index in [1.54, 1.807) is 11.0 Å². The number of likely N-dealkylation sites (tertiary alicyclic amines) is 1. The van der Waals surface area contributed by atoms with Crippen molar-refractivity contribution in [2.45, 2.75) is 25.8 Å². The second-order valence-electron chi connectivity index (χ2n) is 8.01. The summed E-state index contributed by atoms with van der Waals surface area (Å²) in [5.41, 5.74) is 5.00. The highest BCUT2D eigenvalue weighted by atomic mass is 16.6. The molecule has 0 spiro atoms. The van der Waals surface area contributed by atoms with Gasteiger partial charge in [-0.25, -0.2) is 4.98 Å². The van der Waals surface area contributed by atoms with E-state index in [2.05, 4.69) is 19.1 Å². The number of oxazole rings is 1. The Balaban J connectivity index is 1.46. The van der Waals surface area contributed by atoms with Crippen LogP contribution in [0.4, 0.5) is 5.69 Å². The molecule has 5 rings (SSSR count). The number of benzene rings is 3. The number of fused-ring (bicyclic) bond motifs is 1. The first-order valence-electron chi connectivity index (χ1n) is 10.5. The second kappa shape index (κ2) is 7.92. The summed E-state index contributed by atoms with van der Waals surface area (Å²) < 4.78 is 6.04. The average molecular weight is 427 g/mol. The molecule has 7 heteroatoms. The molecule has 0 saturated carbocycles. The number of hydrogen-bond donors (Lipinski definition) is 0. The molecule has 160 valence electrons. The zero-order chi connectivity index (χ0) is 22.2. The minimum atomic E-state index is -0.495. The fourth-order valence-electron chi connectivity index (χ4n) is 4.34. The van der Waals surface area contributed by atoms with Crippen molar-refractivity contribution in [3.63, 3.8) is 0 Å². The van der Waals surface area contributed by atoms with Crippen LogP contribution in [-0.2, 0) is 0 Å². The van der Waals surface area contributed by atoms with Crippen molar-refractivity contribution in [1.29, 1.82) is 0 Å². The fourth-order valence-corrected chi connectivity index (χ4v) is 4.34. The van der Waals surface area contributed by atoms with Gasteiger partial charge in [-0.05, 0) is 54.7 Å². The number of nitro benzene ring substituents is 1. The number of nitro groups is 1. The predicted molar refractivity (Wildman–Crippen MR) is 120 cm³/mol. The number of non-ortho nitro benzene ring substituents is 1. The number of amides is 1. The Hall–Kier alpha value is -4.00. The van der Waals surface area contributed by atoms with E-state index in [1.807, 2.05) is 30.3 Å². The molecule has 7 nitrogen and oxygen atoms in total. The van der Waals surface area contributed by atoms with Crippen LogP contribution >= 0.6 is 0 Å². The molecule has 1 aliphatic heterocycles. The van der Waals surface area contributed by atoms with Crippen LogP contribution in [0.1, 0.15) is 40.7 Å². The van der Waals surface area contributed by atoms with Gasteiger partial charge < -0.3 is 9.32 Å². The van der Waals surface area contributed by atoms with E-state index in [0.717, 1.165) is 29.5 Å². The quantitative estimate of drug-likeness (QED) is 0.308. The second-order valence-corrected chi connectivity index (χ2v) is 8.01. The molecule has 1 atom stereocenters. The third-order valence-corrected chi connectivity index (χ3v) is 5.96. The van der Waals surface area contributed by atoms with E-state index in [4.69, 9.17) is 9.40 Å². The lowest BCUT2D eigenvalue weighted by atomic mass is 10.0. The van der Waals surface area contributed by atoms with Crippen LogP contribution in [0.5, 0.6) is 0 Å². The number of aromatic nitrogens is 1. The maximum Gasteiger partial charge on any atom is 0.270 e. The summed E-state index contributed by atoms with van der Waals surface area (Å²) in [7, 11) is 0. The van der Waals surface area contributed by atoms with Crippen molar-refractivity contribution in [3.8, 4) is 11.1 Å². The molecule has 1 amide bonds. The summed E-state index contributed by atoms with van der Waals surface area (Å²) in [6, 6.07) is 19.6. The normalized spacial score (nSPS) is 15.9. The van der Waals surface area contributed by atoms with Crippen LogP contribution in [0.25, 0.3) is 22.2 Å². The standard InChI is InChI=1S/C25H21N3O4/c1-16-6-2-3-9-20(16)17-11-12-23-21(15-17)26-24(32-23)22-10-5-13-27(22)25(29)18-7-4-8-19(14-18)28(30)31/h2-4,6-9,11-12,14-15,22H,5,10,13H2,1H3/t22-/m1/s1. The van der Waals surface area contributed by atoms with Gasteiger partial charge in [-0.15, -0.1) is 0 Å². The Kier molecular flexibility index (Phi) is 4.93. The molecule has 1 fully saturated rings. The highest BCUT2D eigenvalue weighted by molar-refractivity contribution is 5.95. The largest absolute Gasteiger partial charge is 0.438 e. The van der Waals surface area contributed by atoms with Crippen molar-refractivity contribution in [2.75, 3.05) is 6.54 Å². The Morgan fingerprint density at radius 2 is 1.97 bits per heavy atom. The fraction of sp³-hybridized carbons (Fsp3) is 0.200. The molecule has 0 radical (unpaired) electrons. The van der Waals surface area contributed by atoms with Crippen LogP contribution in [0.3, 0.4) is 0 Å². The van der Waals surface area contributed by atoms with Crippen molar-refractivity contribution < 1.29 is 14.1 Å². The summed E-state index contributed by atoms with van der Waals surface area (Å²) in [5.74, 6) is 0.247. The Morgan fingerprint density at radius 3 is 2.78 bits per heavy atom. The van der Waals surface area contributed by atoms with Gasteiger partial charge in [0.1, 0.15) is 11.6 Å². The maximum atomic E-state index is 13.1. The van der Waals surface area contributed by atoms with E-state index in [-0.39, 0.29) is 17.6 Å². The number of aryl methyl sites for hydroxylation is 1. The zero-order valence-electron chi connectivity index (χ0n) is 17.5. The molecule has 1 aromatic heterocycles. The molecule has 2 heterocycles.